The number of ether oxygens (including phenoxy) is 1. The van der Waals surface area contributed by atoms with Crippen molar-refractivity contribution in [3.05, 3.63) is 52.7 Å². The maximum absolute atomic E-state index is 12.2. The number of halogens is 1. The van der Waals surface area contributed by atoms with Crippen molar-refractivity contribution in [3.63, 3.8) is 0 Å². The maximum Gasteiger partial charge on any atom is 0.250 e. The first-order chi connectivity index (χ1) is 14.5. The molecule has 2 atom stereocenters. The SMILES string of the molecule is CNC(=O)C1CN(C2CCC(c3ncc(C)o3)CC2)C(Cc2ccc(Cl)cc2)CO1. The van der Waals surface area contributed by atoms with Crippen molar-refractivity contribution in [2.75, 3.05) is 20.2 Å². The molecule has 2 aromatic rings. The number of aromatic nitrogens is 1. The minimum atomic E-state index is -0.413. The molecule has 2 fully saturated rings. The van der Waals surface area contributed by atoms with E-state index in [1.165, 1.54) is 5.56 Å². The van der Waals surface area contributed by atoms with E-state index in [1.54, 1.807) is 13.2 Å². The molecule has 4 rings (SSSR count). The molecule has 2 unspecified atom stereocenters. The summed E-state index contributed by atoms with van der Waals surface area (Å²) in [4.78, 5) is 19.2. The van der Waals surface area contributed by atoms with Crippen molar-refractivity contribution in [1.82, 2.24) is 15.2 Å². The second-order valence-electron chi connectivity index (χ2n) is 8.43. The molecule has 1 saturated carbocycles. The molecule has 0 spiro atoms. The molecule has 0 bridgehead atoms. The monoisotopic (exact) mass is 431 g/mol. The summed E-state index contributed by atoms with van der Waals surface area (Å²) < 4.78 is 11.7. The fourth-order valence-corrected chi connectivity index (χ4v) is 4.89. The number of benzene rings is 1. The van der Waals surface area contributed by atoms with Gasteiger partial charge in [-0.3, -0.25) is 9.69 Å². The van der Waals surface area contributed by atoms with Gasteiger partial charge in [-0.1, -0.05) is 23.7 Å². The van der Waals surface area contributed by atoms with Gasteiger partial charge in [0, 0.05) is 36.6 Å². The summed E-state index contributed by atoms with van der Waals surface area (Å²) in [6.07, 6.45) is 6.53. The molecule has 1 amide bonds. The van der Waals surface area contributed by atoms with Crippen molar-refractivity contribution in [3.8, 4) is 0 Å². The van der Waals surface area contributed by atoms with Crippen LogP contribution in [0.5, 0.6) is 0 Å². The Labute approximate surface area is 182 Å². The highest BCUT2D eigenvalue weighted by atomic mass is 35.5. The minimum Gasteiger partial charge on any atom is -0.446 e. The summed E-state index contributed by atoms with van der Waals surface area (Å²) in [6.45, 7) is 3.13. The van der Waals surface area contributed by atoms with Crippen molar-refractivity contribution in [1.29, 1.82) is 0 Å². The molecule has 1 aliphatic heterocycles. The maximum atomic E-state index is 12.2. The Kier molecular flexibility index (Phi) is 6.76. The Balaban J connectivity index is 1.45. The molecule has 6 nitrogen and oxygen atoms in total. The lowest BCUT2D eigenvalue weighted by Crippen LogP contribution is -2.58. The summed E-state index contributed by atoms with van der Waals surface area (Å²) in [7, 11) is 1.67. The Morgan fingerprint density at radius 2 is 1.97 bits per heavy atom. The van der Waals surface area contributed by atoms with Crippen molar-refractivity contribution in [2.24, 2.45) is 0 Å². The highest BCUT2D eigenvalue weighted by Crippen LogP contribution is 2.36. The quantitative estimate of drug-likeness (QED) is 0.781. The van der Waals surface area contributed by atoms with Crippen LogP contribution in [0.3, 0.4) is 0 Å². The zero-order chi connectivity index (χ0) is 21.1. The molecule has 162 valence electrons. The number of aryl methyl sites for hydroxylation is 1. The lowest BCUT2D eigenvalue weighted by molar-refractivity contribution is -0.144. The molecule has 1 N–H and O–H groups in total. The van der Waals surface area contributed by atoms with Gasteiger partial charge in [-0.05, 0) is 56.7 Å². The summed E-state index contributed by atoms with van der Waals surface area (Å²) >= 11 is 6.05. The predicted octanol–water partition coefficient (Wildman–Crippen LogP) is 3.72. The van der Waals surface area contributed by atoms with Gasteiger partial charge in [0.15, 0.2) is 5.89 Å². The van der Waals surface area contributed by atoms with Crippen LogP contribution >= 0.6 is 11.6 Å². The highest BCUT2D eigenvalue weighted by molar-refractivity contribution is 6.30. The second kappa shape index (κ2) is 9.50. The van der Waals surface area contributed by atoms with E-state index in [1.807, 2.05) is 19.1 Å². The lowest BCUT2D eigenvalue weighted by Gasteiger charge is -2.45. The molecule has 1 aromatic carbocycles. The van der Waals surface area contributed by atoms with Gasteiger partial charge in [0.1, 0.15) is 11.9 Å². The molecule has 1 aliphatic carbocycles. The van der Waals surface area contributed by atoms with E-state index < -0.39 is 6.10 Å². The van der Waals surface area contributed by atoms with Gasteiger partial charge in [0.25, 0.3) is 0 Å². The van der Waals surface area contributed by atoms with E-state index in [2.05, 4.69) is 27.3 Å². The van der Waals surface area contributed by atoms with Crippen LogP contribution in [0.15, 0.2) is 34.9 Å². The van der Waals surface area contributed by atoms with Gasteiger partial charge in [0.2, 0.25) is 5.91 Å². The van der Waals surface area contributed by atoms with Crippen LogP contribution < -0.4 is 5.32 Å². The highest BCUT2D eigenvalue weighted by Gasteiger charge is 2.38. The van der Waals surface area contributed by atoms with Gasteiger partial charge in [-0.25, -0.2) is 4.98 Å². The van der Waals surface area contributed by atoms with E-state index in [0.717, 1.165) is 48.8 Å². The zero-order valence-electron chi connectivity index (χ0n) is 17.6. The number of carbonyl (C=O) groups is 1. The molecular weight excluding hydrogens is 402 g/mol. The predicted molar refractivity (Wildman–Crippen MR) is 116 cm³/mol. The Bertz CT molecular complexity index is 846. The van der Waals surface area contributed by atoms with Crippen molar-refractivity contribution >= 4 is 17.5 Å². The topological polar surface area (TPSA) is 67.6 Å². The van der Waals surface area contributed by atoms with Crippen LogP contribution in [0, 0.1) is 6.92 Å². The first-order valence-electron chi connectivity index (χ1n) is 10.8. The molecule has 1 aromatic heterocycles. The molecule has 1 saturated heterocycles. The Hall–Kier alpha value is -1.89. The first-order valence-corrected chi connectivity index (χ1v) is 11.2. The second-order valence-corrected chi connectivity index (χ2v) is 8.87. The summed E-state index contributed by atoms with van der Waals surface area (Å²) in [5.41, 5.74) is 1.24. The molecular formula is C23H30ClN3O3. The number of rotatable bonds is 5. The third-order valence-corrected chi connectivity index (χ3v) is 6.66. The van der Waals surface area contributed by atoms with Crippen molar-refractivity contribution < 1.29 is 13.9 Å². The van der Waals surface area contributed by atoms with Crippen LogP contribution in [0.4, 0.5) is 0 Å². The number of amides is 1. The van der Waals surface area contributed by atoms with Crippen LogP contribution in [0.2, 0.25) is 5.02 Å². The third kappa shape index (κ3) is 4.88. The fraction of sp³-hybridized carbons (Fsp3) is 0.565. The standard InChI is InChI=1S/C23H30ClN3O3/c1-15-12-26-23(30-15)17-5-9-19(10-6-17)27-13-21(22(28)25-2)29-14-20(27)11-16-3-7-18(24)8-4-16/h3-4,7-8,12,17,19-21H,5-6,9-11,13-14H2,1-2H3,(H,25,28). The summed E-state index contributed by atoms with van der Waals surface area (Å²) in [5, 5.41) is 3.48. The Morgan fingerprint density at radius 3 is 2.60 bits per heavy atom. The molecule has 2 aliphatic rings. The van der Waals surface area contributed by atoms with Crippen LogP contribution in [-0.4, -0.2) is 54.2 Å². The minimum absolute atomic E-state index is 0.0473. The van der Waals surface area contributed by atoms with Gasteiger partial charge >= 0.3 is 0 Å². The molecule has 2 heterocycles. The number of oxazole rings is 1. The lowest BCUT2D eigenvalue weighted by atomic mass is 9.84. The zero-order valence-corrected chi connectivity index (χ0v) is 18.4. The van der Waals surface area contributed by atoms with Gasteiger partial charge in [-0.2, -0.15) is 0 Å². The summed E-state index contributed by atoms with van der Waals surface area (Å²) in [5.74, 6) is 2.08. The number of carbonyl (C=O) groups excluding carboxylic acids is 1. The first kappa shape index (κ1) is 21.3. The Morgan fingerprint density at radius 1 is 1.23 bits per heavy atom. The molecule has 0 radical (unpaired) electrons. The van der Waals surface area contributed by atoms with Crippen LogP contribution in [-0.2, 0) is 16.0 Å². The van der Waals surface area contributed by atoms with Gasteiger partial charge in [-0.15, -0.1) is 0 Å². The smallest absolute Gasteiger partial charge is 0.250 e. The number of morpholine rings is 1. The van der Waals surface area contributed by atoms with Gasteiger partial charge in [0.05, 0.1) is 12.8 Å². The largest absolute Gasteiger partial charge is 0.446 e. The average molecular weight is 432 g/mol. The molecule has 30 heavy (non-hydrogen) atoms. The number of nitrogens with zero attached hydrogens (tertiary/aromatic N) is 2. The number of hydrogen-bond acceptors (Lipinski definition) is 5. The normalized spacial score (nSPS) is 27.7. The fourth-order valence-electron chi connectivity index (χ4n) is 4.77. The number of likely N-dealkylation sites (N-methyl/N-ethyl adjacent to an activating group) is 1. The van der Waals surface area contributed by atoms with Crippen LogP contribution in [0.25, 0.3) is 0 Å². The van der Waals surface area contributed by atoms with Gasteiger partial charge < -0.3 is 14.5 Å². The number of nitrogens with one attached hydrogen (secondary N) is 1. The van der Waals surface area contributed by atoms with E-state index in [4.69, 9.17) is 20.8 Å². The van der Waals surface area contributed by atoms with Crippen molar-refractivity contribution in [2.45, 2.75) is 63.1 Å². The third-order valence-electron chi connectivity index (χ3n) is 6.41. The van der Waals surface area contributed by atoms with Crippen LogP contribution in [0.1, 0.15) is 48.8 Å². The molecule has 7 heteroatoms. The van der Waals surface area contributed by atoms with E-state index in [-0.39, 0.29) is 11.9 Å². The van der Waals surface area contributed by atoms with E-state index in [0.29, 0.717) is 25.1 Å². The average Bonchev–Trinajstić information content (AvgIpc) is 3.21. The van der Waals surface area contributed by atoms with E-state index >= 15 is 0 Å². The summed E-state index contributed by atoms with van der Waals surface area (Å²) in [6, 6.07) is 8.70. The number of hydrogen-bond donors (Lipinski definition) is 1. The van der Waals surface area contributed by atoms with E-state index in [9.17, 15) is 4.79 Å².